The Labute approximate surface area is 131 Å². The molecule has 0 radical (unpaired) electrons. The fraction of sp³-hybridized carbons (Fsp3) is 0.294. The molecule has 116 valence electrons. The molecule has 22 heavy (non-hydrogen) atoms. The monoisotopic (exact) mass is 317 g/mol. The lowest BCUT2D eigenvalue weighted by molar-refractivity contribution is 0.288. The number of anilines is 1. The van der Waals surface area contributed by atoms with Gasteiger partial charge in [0.2, 0.25) is 0 Å². The first-order valence-electron chi connectivity index (χ1n) is 7.46. The lowest BCUT2D eigenvalue weighted by Crippen LogP contribution is -2.30. The molecule has 4 nitrogen and oxygen atoms in total. The second-order valence-electron chi connectivity index (χ2n) is 5.23. The molecule has 0 aliphatic carbocycles. The van der Waals surface area contributed by atoms with Crippen LogP contribution in [0.1, 0.15) is 18.9 Å². The van der Waals surface area contributed by atoms with E-state index in [2.05, 4.69) is 0 Å². The van der Waals surface area contributed by atoms with Crippen molar-refractivity contribution in [2.24, 2.45) is 0 Å². The van der Waals surface area contributed by atoms with Gasteiger partial charge in [-0.3, -0.25) is 4.31 Å². The summed E-state index contributed by atoms with van der Waals surface area (Å²) in [6.45, 7) is 2.93. The van der Waals surface area contributed by atoms with E-state index in [4.69, 9.17) is 4.74 Å². The maximum atomic E-state index is 12.9. The average Bonchev–Trinajstić information content (AvgIpc) is 2.56. The third-order valence-corrected chi connectivity index (χ3v) is 5.70. The van der Waals surface area contributed by atoms with Crippen molar-refractivity contribution in [3.8, 4) is 5.75 Å². The van der Waals surface area contributed by atoms with E-state index in [1.54, 1.807) is 18.2 Å². The Balaban J connectivity index is 2.01. The summed E-state index contributed by atoms with van der Waals surface area (Å²) in [4.78, 5) is 0.322. The number of rotatable bonds is 4. The van der Waals surface area contributed by atoms with E-state index < -0.39 is 10.0 Å². The summed E-state index contributed by atoms with van der Waals surface area (Å²) in [5.41, 5.74) is 1.65. The van der Waals surface area contributed by atoms with Gasteiger partial charge in [0, 0.05) is 6.54 Å². The number of para-hydroxylation sites is 1. The van der Waals surface area contributed by atoms with Crippen LogP contribution in [0, 0.1) is 0 Å². The van der Waals surface area contributed by atoms with Gasteiger partial charge in [-0.2, -0.15) is 0 Å². The standard InChI is InChI=1S/C17H19NO3S/c1-2-18(15-8-4-3-5-9-15)22(19,20)16-10-11-17-14(13-16)7-6-12-21-17/h3-5,8-11,13H,2,6-7,12H2,1H3. The van der Waals surface area contributed by atoms with Crippen LogP contribution < -0.4 is 9.04 Å². The van der Waals surface area contributed by atoms with Crippen LogP contribution in [0.2, 0.25) is 0 Å². The third-order valence-electron chi connectivity index (χ3n) is 3.80. The summed E-state index contributed by atoms with van der Waals surface area (Å²) < 4.78 is 32.9. The normalized spacial score (nSPS) is 14.0. The quantitative estimate of drug-likeness (QED) is 0.870. The molecule has 0 atom stereocenters. The van der Waals surface area contributed by atoms with Gasteiger partial charge >= 0.3 is 0 Å². The largest absolute Gasteiger partial charge is 0.493 e. The number of nitrogens with zero attached hydrogens (tertiary/aromatic N) is 1. The van der Waals surface area contributed by atoms with Crippen LogP contribution >= 0.6 is 0 Å². The molecule has 0 aromatic heterocycles. The van der Waals surface area contributed by atoms with E-state index in [0.29, 0.717) is 23.7 Å². The van der Waals surface area contributed by atoms with Crippen molar-refractivity contribution in [2.45, 2.75) is 24.7 Å². The van der Waals surface area contributed by atoms with Gasteiger partial charge in [-0.05, 0) is 55.7 Å². The Hall–Kier alpha value is -2.01. The first kappa shape index (κ1) is 14.9. The maximum absolute atomic E-state index is 12.9. The minimum absolute atomic E-state index is 0.322. The Bertz CT molecular complexity index is 757. The summed E-state index contributed by atoms with van der Waals surface area (Å²) in [7, 11) is -3.56. The lowest BCUT2D eigenvalue weighted by atomic mass is 10.1. The summed E-state index contributed by atoms with van der Waals surface area (Å²) in [5, 5.41) is 0. The molecule has 2 aromatic carbocycles. The average molecular weight is 317 g/mol. The lowest BCUT2D eigenvalue weighted by Gasteiger charge is -2.24. The van der Waals surface area contributed by atoms with E-state index in [0.717, 1.165) is 24.2 Å². The smallest absolute Gasteiger partial charge is 0.264 e. The summed E-state index contributed by atoms with van der Waals surface area (Å²) in [5.74, 6) is 0.799. The Morgan fingerprint density at radius 3 is 2.64 bits per heavy atom. The minimum atomic E-state index is -3.56. The molecule has 1 aliphatic rings. The van der Waals surface area contributed by atoms with Crippen LogP contribution in [0.25, 0.3) is 0 Å². The minimum Gasteiger partial charge on any atom is -0.493 e. The molecule has 5 heteroatoms. The van der Waals surface area contributed by atoms with Crippen molar-refractivity contribution >= 4 is 15.7 Å². The second-order valence-corrected chi connectivity index (χ2v) is 7.09. The SMILES string of the molecule is CCN(c1ccccc1)S(=O)(=O)c1ccc2c(c1)CCCO2. The van der Waals surface area contributed by atoms with E-state index >= 15 is 0 Å². The van der Waals surface area contributed by atoms with E-state index in [1.165, 1.54) is 4.31 Å². The fourth-order valence-corrected chi connectivity index (χ4v) is 4.23. The van der Waals surface area contributed by atoms with Gasteiger partial charge in [0.1, 0.15) is 5.75 Å². The molecule has 0 bridgehead atoms. The third kappa shape index (κ3) is 2.68. The molecule has 2 aromatic rings. The molecule has 0 spiro atoms. The molecular formula is C17H19NO3S. The first-order chi connectivity index (χ1) is 10.6. The second kappa shape index (κ2) is 6.01. The molecule has 3 rings (SSSR count). The van der Waals surface area contributed by atoms with Crippen molar-refractivity contribution in [2.75, 3.05) is 17.5 Å². The summed E-state index contributed by atoms with van der Waals surface area (Å²) in [6.07, 6.45) is 1.78. The zero-order valence-corrected chi connectivity index (χ0v) is 13.3. The van der Waals surface area contributed by atoms with Crippen LogP contribution in [0.3, 0.4) is 0 Å². The molecule has 0 amide bonds. The number of aryl methyl sites for hydroxylation is 1. The topological polar surface area (TPSA) is 46.6 Å². The number of ether oxygens (including phenoxy) is 1. The number of benzene rings is 2. The van der Waals surface area contributed by atoms with Crippen molar-refractivity contribution in [1.82, 2.24) is 0 Å². The van der Waals surface area contributed by atoms with Crippen LogP contribution in [0.15, 0.2) is 53.4 Å². The van der Waals surface area contributed by atoms with E-state index in [9.17, 15) is 8.42 Å². The number of fused-ring (bicyclic) bond motifs is 1. The molecule has 1 heterocycles. The molecule has 0 N–H and O–H groups in total. The van der Waals surface area contributed by atoms with Gasteiger partial charge in [0.15, 0.2) is 0 Å². The van der Waals surface area contributed by atoms with Crippen LogP contribution in [0.5, 0.6) is 5.75 Å². The number of sulfonamides is 1. The van der Waals surface area contributed by atoms with Crippen molar-refractivity contribution in [3.63, 3.8) is 0 Å². The fourth-order valence-electron chi connectivity index (χ4n) is 2.71. The van der Waals surface area contributed by atoms with Crippen molar-refractivity contribution in [1.29, 1.82) is 0 Å². The molecular weight excluding hydrogens is 298 g/mol. The Kier molecular flexibility index (Phi) is 4.07. The zero-order valence-electron chi connectivity index (χ0n) is 12.5. The number of hydrogen-bond acceptors (Lipinski definition) is 3. The predicted octanol–water partition coefficient (Wildman–Crippen LogP) is 3.23. The van der Waals surface area contributed by atoms with Gasteiger partial charge in [0.25, 0.3) is 10.0 Å². The molecule has 1 aliphatic heterocycles. The van der Waals surface area contributed by atoms with Gasteiger partial charge in [-0.15, -0.1) is 0 Å². The highest BCUT2D eigenvalue weighted by Gasteiger charge is 2.25. The molecule has 0 saturated heterocycles. The highest BCUT2D eigenvalue weighted by molar-refractivity contribution is 7.92. The highest BCUT2D eigenvalue weighted by Crippen LogP contribution is 2.30. The number of hydrogen-bond donors (Lipinski definition) is 0. The van der Waals surface area contributed by atoms with Crippen LogP contribution in [0.4, 0.5) is 5.69 Å². The van der Waals surface area contributed by atoms with Crippen molar-refractivity contribution < 1.29 is 13.2 Å². The van der Waals surface area contributed by atoms with Gasteiger partial charge in [-0.1, -0.05) is 18.2 Å². The van der Waals surface area contributed by atoms with Crippen LogP contribution in [-0.4, -0.2) is 21.6 Å². The van der Waals surface area contributed by atoms with Gasteiger partial charge in [-0.25, -0.2) is 8.42 Å². The molecule has 0 saturated carbocycles. The van der Waals surface area contributed by atoms with Gasteiger partial charge in [0.05, 0.1) is 17.2 Å². The summed E-state index contributed by atoms with van der Waals surface area (Å²) >= 11 is 0. The first-order valence-corrected chi connectivity index (χ1v) is 8.90. The predicted molar refractivity (Wildman–Crippen MR) is 86.9 cm³/mol. The zero-order chi connectivity index (χ0) is 15.6. The summed E-state index contributed by atoms with van der Waals surface area (Å²) in [6, 6.07) is 14.3. The van der Waals surface area contributed by atoms with Gasteiger partial charge < -0.3 is 4.74 Å². The maximum Gasteiger partial charge on any atom is 0.264 e. The molecule has 0 fully saturated rings. The van der Waals surface area contributed by atoms with Crippen LogP contribution in [-0.2, 0) is 16.4 Å². The Morgan fingerprint density at radius 1 is 1.14 bits per heavy atom. The van der Waals surface area contributed by atoms with E-state index in [-0.39, 0.29) is 0 Å². The Morgan fingerprint density at radius 2 is 1.91 bits per heavy atom. The highest BCUT2D eigenvalue weighted by atomic mass is 32.2. The molecule has 0 unspecified atom stereocenters. The van der Waals surface area contributed by atoms with Crippen molar-refractivity contribution in [3.05, 3.63) is 54.1 Å². The van der Waals surface area contributed by atoms with E-state index in [1.807, 2.05) is 37.3 Å².